The molecule has 1 aromatic carbocycles. The van der Waals surface area contributed by atoms with Gasteiger partial charge in [-0.15, -0.1) is 0 Å². The molecule has 1 heterocycles. The highest BCUT2D eigenvalue weighted by molar-refractivity contribution is 6.21. The number of rotatable bonds is 3. The molecule has 1 saturated heterocycles. The largest absolute Gasteiger partial charge is 0.333 e. The van der Waals surface area contributed by atoms with Crippen molar-refractivity contribution in [3.05, 3.63) is 29.8 Å². The van der Waals surface area contributed by atoms with Gasteiger partial charge in [-0.1, -0.05) is 17.7 Å². The Hall–Kier alpha value is -1.68. The molecule has 1 saturated carbocycles. The Kier molecular flexibility index (Phi) is 3.57. The van der Waals surface area contributed by atoms with Crippen LogP contribution in [0.5, 0.6) is 0 Å². The highest BCUT2D eigenvalue weighted by atomic mass is 16.2. The van der Waals surface area contributed by atoms with Gasteiger partial charge in [-0.25, -0.2) is 4.90 Å². The number of carbonyl (C=O) groups is 2. The topological polar surface area (TPSA) is 54.0 Å². The summed E-state index contributed by atoms with van der Waals surface area (Å²) in [7, 11) is 0. The van der Waals surface area contributed by atoms with Gasteiger partial charge in [0.05, 0.1) is 18.2 Å². The van der Waals surface area contributed by atoms with Crippen molar-refractivity contribution in [3.63, 3.8) is 0 Å². The van der Waals surface area contributed by atoms with E-state index in [4.69, 9.17) is 0 Å². The van der Waals surface area contributed by atoms with Gasteiger partial charge in [-0.05, 0) is 44.7 Å². The Morgan fingerprint density at radius 2 is 1.75 bits per heavy atom. The summed E-state index contributed by atoms with van der Waals surface area (Å²) in [6.45, 7) is 1.99. The van der Waals surface area contributed by atoms with E-state index >= 15 is 0 Å². The monoisotopic (exact) mass is 273 g/mol. The van der Waals surface area contributed by atoms with E-state index in [0.717, 1.165) is 5.56 Å². The van der Waals surface area contributed by atoms with Gasteiger partial charge in [0.2, 0.25) is 5.91 Å². The van der Waals surface area contributed by atoms with Gasteiger partial charge in [0.25, 0.3) is 5.91 Å². The summed E-state index contributed by atoms with van der Waals surface area (Å²) in [4.78, 5) is 26.0. The van der Waals surface area contributed by atoms with Crippen LogP contribution in [0.25, 0.3) is 0 Å². The van der Waals surface area contributed by atoms with E-state index in [9.17, 15) is 9.59 Å². The Bertz CT molecular complexity index is 518. The van der Waals surface area contributed by atoms with E-state index in [1.165, 1.54) is 30.6 Å². The van der Waals surface area contributed by atoms with Crippen LogP contribution < -0.4 is 10.2 Å². The zero-order chi connectivity index (χ0) is 14.1. The minimum Gasteiger partial charge on any atom is -0.333 e. The minimum absolute atomic E-state index is 0.0502. The third kappa shape index (κ3) is 2.48. The predicted molar refractivity (Wildman–Crippen MR) is 76.3 cm³/mol. The second-order valence-corrected chi connectivity index (χ2v) is 5.95. The molecule has 1 aliphatic carbocycles. The third-order valence-electron chi connectivity index (χ3n) is 4.38. The van der Waals surface area contributed by atoms with Crippen LogP contribution in [0.3, 0.4) is 0 Å². The van der Waals surface area contributed by atoms with Gasteiger partial charge in [0.15, 0.2) is 6.04 Å². The summed E-state index contributed by atoms with van der Waals surface area (Å²) in [5.74, 6) is -0.121. The van der Waals surface area contributed by atoms with Crippen molar-refractivity contribution >= 4 is 17.5 Å². The average molecular weight is 273 g/mol. The van der Waals surface area contributed by atoms with E-state index in [1.54, 1.807) is 0 Å². The molecule has 0 aromatic heterocycles. The number of imide groups is 1. The standard InChI is InChI=1S/C16H20N2O2/c1-11-6-8-13(9-7-11)18-15(19)10-14(16(18)20)17-12-4-2-3-5-12/h6-9,12,14,17H,2-5,10H2,1H3/p+1/t14-/m1/s1. The van der Waals surface area contributed by atoms with Crippen LogP contribution in [0.2, 0.25) is 0 Å². The van der Waals surface area contributed by atoms with Crippen LogP contribution in [-0.4, -0.2) is 23.9 Å². The van der Waals surface area contributed by atoms with Gasteiger partial charge in [-0.2, -0.15) is 0 Å². The first-order valence-electron chi connectivity index (χ1n) is 7.43. The van der Waals surface area contributed by atoms with E-state index in [-0.39, 0.29) is 17.9 Å². The summed E-state index contributed by atoms with van der Waals surface area (Å²) in [6.07, 6.45) is 5.17. The Balaban J connectivity index is 1.74. The lowest BCUT2D eigenvalue weighted by Crippen LogP contribution is -2.95. The number of aryl methyl sites for hydroxylation is 1. The van der Waals surface area contributed by atoms with E-state index in [0.29, 0.717) is 18.2 Å². The average Bonchev–Trinajstić information content (AvgIpc) is 3.02. The first-order valence-corrected chi connectivity index (χ1v) is 7.43. The van der Waals surface area contributed by atoms with Gasteiger partial charge in [0.1, 0.15) is 0 Å². The summed E-state index contributed by atoms with van der Waals surface area (Å²) in [6, 6.07) is 7.88. The van der Waals surface area contributed by atoms with E-state index in [1.807, 2.05) is 31.2 Å². The Morgan fingerprint density at radius 1 is 1.10 bits per heavy atom. The maximum atomic E-state index is 12.5. The molecule has 1 atom stereocenters. The van der Waals surface area contributed by atoms with Crippen LogP contribution >= 0.6 is 0 Å². The van der Waals surface area contributed by atoms with Gasteiger partial charge in [-0.3, -0.25) is 9.59 Å². The van der Waals surface area contributed by atoms with Gasteiger partial charge in [0, 0.05) is 0 Å². The number of nitrogens with zero attached hydrogens (tertiary/aromatic N) is 1. The van der Waals surface area contributed by atoms with Crippen molar-refractivity contribution in [2.45, 2.75) is 51.1 Å². The van der Waals surface area contributed by atoms with Crippen molar-refractivity contribution in [1.82, 2.24) is 0 Å². The number of quaternary nitrogens is 1. The van der Waals surface area contributed by atoms with E-state index in [2.05, 4.69) is 5.32 Å². The first kappa shape index (κ1) is 13.3. The number of carbonyl (C=O) groups excluding carboxylic acids is 2. The molecule has 4 heteroatoms. The third-order valence-corrected chi connectivity index (χ3v) is 4.38. The summed E-state index contributed by atoms with van der Waals surface area (Å²) in [5, 5.41) is 2.13. The SMILES string of the molecule is Cc1ccc(N2C(=O)C[C@@H]([NH2+]C3CCCC3)C2=O)cc1. The molecule has 2 aliphatic rings. The normalized spacial score (nSPS) is 23.9. The van der Waals surface area contributed by atoms with Crippen molar-refractivity contribution in [3.8, 4) is 0 Å². The quantitative estimate of drug-likeness (QED) is 0.839. The highest BCUT2D eigenvalue weighted by Crippen LogP contribution is 2.23. The smallest absolute Gasteiger partial charge is 0.292 e. The second-order valence-electron chi connectivity index (χ2n) is 5.95. The number of anilines is 1. The van der Waals surface area contributed by atoms with Crippen LogP contribution in [0.4, 0.5) is 5.69 Å². The fourth-order valence-corrected chi connectivity index (χ4v) is 3.25. The Labute approximate surface area is 119 Å². The number of amides is 2. The molecule has 0 radical (unpaired) electrons. The molecule has 106 valence electrons. The van der Waals surface area contributed by atoms with Crippen LogP contribution in [-0.2, 0) is 9.59 Å². The number of nitrogens with two attached hydrogens (primary N) is 1. The molecular formula is C16H21N2O2+. The van der Waals surface area contributed by atoms with Gasteiger partial charge >= 0.3 is 0 Å². The second kappa shape index (κ2) is 5.37. The lowest BCUT2D eigenvalue weighted by molar-refractivity contribution is -0.706. The molecule has 1 aromatic rings. The molecule has 4 nitrogen and oxygen atoms in total. The molecule has 2 fully saturated rings. The van der Waals surface area contributed by atoms with Crippen molar-refractivity contribution in [2.75, 3.05) is 4.90 Å². The number of hydrogen-bond donors (Lipinski definition) is 1. The van der Waals surface area contributed by atoms with Crippen molar-refractivity contribution in [1.29, 1.82) is 0 Å². The zero-order valence-corrected chi connectivity index (χ0v) is 11.8. The molecule has 0 unspecified atom stereocenters. The summed E-state index contributed by atoms with van der Waals surface area (Å²) in [5.41, 5.74) is 1.83. The lowest BCUT2D eigenvalue weighted by Gasteiger charge is -2.16. The summed E-state index contributed by atoms with van der Waals surface area (Å²) >= 11 is 0. The number of hydrogen-bond acceptors (Lipinski definition) is 2. The van der Waals surface area contributed by atoms with Crippen molar-refractivity contribution in [2.24, 2.45) is 0 Å². The van der Waals surface area contributed by atoms with Crippen LogP contribution in [0, 0.1) is 6.92 Å². The fourth-order valence-electron chi connectivity index (χ4n) is 3.25. The maximum Gasteiger partial charge on any atom is 0.292 e. The zero-order valence-electron chi connectivity index (χ0n) is 11.8. The minimum atomic E-state index is -0.216. The molecule has 0 spiro atoms. The first-order chi connectivity index (χ1) is 9.65. The molecular weight excluding hydrogens is 252 g/mol. The van der Waals surface area contributed by atoms with Crippen molar-refractivity contribution < 1.29 is 14.9 Å². The van der Waals surface area contributed by atoms with Crippen LogP contribution in [0.1, 0.15) is 37.7 Å². The molecule has 0 bridgehead atoms. The van der Waals surface area contributed by atoms with Crippen LogP contribution in [0.15, 0.2) is 24.3 Å². The molecule has 2 N–H and O–H groups in total. The maximum absolute atomic E-state index is 12.5. The molecule has 1 aliphatic heterocycles. The number of benzene rings is 1. The van der Waals surface area contributed by atoms with Gasteiger partial charge < -0.3 is 5.32 Å². The Morgan fingerprint density at radius 3 is 2.40 bits per heavy atom. The fraction of sp³-hybridized carbons (Fsp3) is 0.500. The molecule has 3 rings (SSSR count). The van der Waals surface area contributed by atoms with E-state index < -0.39 is 0 Å². The lowest BCUT2D eigenvalue weighted by atomic mass is 10.2. The highest BCUT2D eigenvalue weighted by Gasteiger charge is 2.43. The summed E-state index contributed by atoms with van der Waals surface area (Å²) < 4.78 is 0. The molecule has 20 heavy (non-hydrogen) atoms. The predicted octanol–water partition coefficient (Wildman–Crippen LogP) is 1.13. The molecule has 2 amide bonds.